The number of nitrogens with one attached hydrogen (secondary N) is 2. The van der Waals surface area contributed by atoms with Crippen LogP contribution in [0.5, 0.6) is 0 Å². The Hall–Kier alpha value is -2.35. The first-order valence-corrected chi connectivity index (χ1v) is 8.29. The van der Waals surface area contributed by atoms with Crippen LogP contribution in [0.3, 0.4) is 0 Å². The van der Waals surface area contributed by atoms with Crippen LogP contribution in [-0.4, -0.2) is 25.5 Å². The van der Waals surface area contributed by atoms with E-state index in [2.05, 4.69) is 15.2 Å². The van der Waals surface area contributed by atoms with Crippen molar-refractivity contribution in [1.82, 2.24) is 10.5 Å². The zero-order valence-electron chi connectivity index (χ0n) is 11.9. The molecule has 1 saturated carbocycles. The van der Waals surface area contributed by atoms with Crippen LogP contribution >= 0.6 is 0 Å². The molecule has 0 aliphatic heterocycles. The zero-order valence-corrected chi connectivity index (χ0v) is 12.7. The van der Waals surface area contributed by atoms with Gasteiger partial charge in [-0.1, -0.05) is 11.2 Å². The largest absolute Gasteiger partial charge is 0.360 e. The maximum Gasteiger partial charge on any atom is 0.263 e. The Balaban J connectivity index is 1.82. The van der Waals surface area contributed by atoms with Crippen LogP contribution in [0.4, 0.5) is 5.82 Å². The van der Waals surface area contributed by atoms with Crippen LogP contribution in [-0.2, 0) is 10.0 Å². The van der Waals surface area contributed by atoms with Crippen molar-refractivity contribution in [2.75, 3.05) is 4.72 Å². The van der Waals surface area contributed by atoms with Crippen molar-refractivity contribution < 1.29 is 17.7 Å². The highest BCUT2D eigenvalue weighted by Crippen LogP contribution is 2.20. The van der Waals surface area contributed by atoms with Crippen LogP contribution in [0.1, 0.15) is 29.0 Å². The maximum atomic E-state index is 12.3. The molecule has 8 heteroatoms. The van der Waals surface area contributed by atoms with Gasteiger partial charge in [0, 0.05) is 17.7 Å². The topological polar surface area (TPSA) is 101 Å². The Kier molecular flexibility index (Phi) is 3.61. The van der Waals surface area contributed by atoms with Crippen molar-refractivity contribution in [2.24, 2.45) is 0 Å². The highest BCUT2D eigenvalue weighted by Gasteiger charge is 2.24. The average Bonchev–Trinajstić information content (AvgIpc) is 3.20. The highest BCUT2D eigenvalue weighted by molar-refractivity contribution is 7.92. The number of aryl methyl sites for hydroxylation is 1. The summed E-state index contributed by atoms with van der Waals surface area (Å²) < 4.78 is 31.7. The third-order valence-electron chi connectivity index (χ3n) is 3.19. The van der Waals surface area contributed by atoms with E-state index in [1.54, 1.807) is 13.0 Å². The summed E-state index contributed by atoms with van der Waals surface area (Å²) in [5.41, 5.74) is 0.311. The molecule has 0 unspecified atom stereocenters. The lowest BCUT2D eigenvalue weighted by Crippen LogP contribution is -2.25. The molecule has 1 amide bonds. The molecular weight excluding hydrogens is 306 g/mol. The summed E-state index contributed by atoms with van der Waals surface area (Å²) in [5.74, 6) is 0.331. The number of nitrogens with zero attached hydrogens (tertiary/aromatic N) is 1. The van der Waals surface area contributed by atoms with Crippen LogP contribution in [0.25, 0.3) is 0 Å². The van der Waals surface area contributed by atoms with E-state index in [1.165, 1.54) is 24.3 Å². The predicted octanol–water partition coefficient (Wildman–Crippen LogP) is 1.68. The van der Waals surface area contributed by atoms with Crippen molar-refractivity contribution in [3.63, 3.8) is 0 Å². The smallest absolute Gasteiger partial charge is 0.263 e. The van der Waals surface area contributed by atoms with E-state index < -0.39 is 10.0 Å². The standard InChI is InChI=1S/C14H15N3O4S/c1-9-7-13(16-21-9)17-22(19,20)12-4-2-3-10(8-12)14(18)15-11-5-6-11/h2-4,7-8,11H,5-6H2,1H3,(H,15,18)(H,16,17). The second-order valence-electron chi connectivity index (χ2n) is 5.20. The molecule has 1 aliphatic carbocycles. The van der Waals surface area contributed by atoms with E-state index in [0.29, 0.717) is 11.3 Å². The molecule has 22 heavy (non-hydrogen) atoms. The second kappa shape index (κ2) is 5.45. The maximum absolute atomic E-state index is 12.3. The summed E-state index contributed by atoms with van der Waals surface area (Å²) in [7, 11) is -3.82. The van der Waals surface area contributed by atoms with Gasteiger partial charge in [-0.2, -0.15) is 0 Å². The van der Waals surface area contributed by atoms with Gasteiger partial charge in [0.05, 0.1) is 4.90 Å². The van der Waals surface area contributed by atoms with Gasteiger partial charge in [0.25, 0.3) is 15.9 Å². The van der Waals surface area contributed by atoms with E-state index in [0.717, 1.165) is 12.8 Å². The molecule has 0 bridgehead atoms. The predicted molar refractivity (Wildman–Crippen MR) is 79.0 cm³/mol. The average molecular weight is 321 g/mol. The fraction of sp³-hybridized carbons (Fsp3) is 0.286. The number of rotatable bonds is 5. The number of aromatic nitrogens is 1. The van der Waals surface area contributed by atoms with Crippen molar-refractivity contribution in [3.05, 3.63) is 41.7 Å². The van der Waals surface area contributed by atoms with Crippen LogP contribution in [0.2, 0.25) is 0 Å². The minimum absolute atomic E-state index is 0.00315. The van der Waals surface area contributed by atoms with Gasteiger partial charge >= 0.3 is 0 Å². The minimum atomic E-state index is -3.82. The molecule has 0 spiro atoms. The van der Waals surface area contributed by atoms with Crippen LogP contribution in [0.15, 0.2) is 39.8 Å². The summed E-state index contributed by atoms with van der Waals surface area (Å²) in [6.07, 6.45) is 1.94. The molecule has 0 atom stereocenters. The molecule has 1 heterocycles. The first-order chi connectivity index (χ1) is 10.4. The molecule has 1 aromatic heterocycles. The van der Waals surface area contributed by atoms with Gasteiger partial charge < -0.3 is 9.84 Å². The molecule has 0 saturated heterocycles. The molecule has 0 radical (unpaired) electrons. The molecular formula is C14H15N3O4S. The quantitative estimate of drug-likeness (QED) is 0.872. The summed E-state index contributed by atoms with van der Waals surface area (Å²) in [6.45, 7) is 1.66. The Labute approximate surface area is 127 Å². The van der Waals surface area contributed by atoms with E-state index in [-0.39, 0.29) is 22.7 Å². The van der Waals surface area contributed by atoms with Crippen LogP contribution < -0.4 is 10.0 Å². The molecule has 2 N–H and O–H groups in total. The van der Waals surface area contributed by atoms with E-state index >= 15 is 0 Å². The van der Waals surface area contributed by atoms with Gasteiger partial charge in [0.1, 0.15) is 5.76 Å². The fourth-order valence-electron chi connectivity index (χ4n) is 1.91. The molecule has 2 aromatic rings. The fourth-order valence-corrected chi connectivity index (χ4v) is 2.94. The number of sulfonamides is 1. The monoisotopic (exact) mass is 321 g/mol. The number of anilines is 1. The summed E-state index contributed by atoms with van der Waals surface area (Å²) in [5, 5.41) is 6.41. The van der Waals surface area contributed by atoms with E-state index in [4.69, 9.17) is 4.52 Å². The minimum Gasteiger partial charge on any atom is -0.360 e. The number of carbonyl (C=O) groups is 1. The van der Waals surface area contributed by atoms with Crippen molar-refractivity contribution in [2.45, 2.75) is 30.7 Å². The van der Waals surface area contributed by atoms with Gasteiger partial charge in [0.2, 0.25) is 0 Å². The summed E-state index contributed by atoms with van der Waals surface area (Å²) in [4.78, 5) is 12.0. The lowest BCUT2D eigenvalue weighted by molar-refractivity contribution is 0.0951. The third kappa shape index (κ3) is 3.28. The Morgan fingerprint density at radius 3 is 2.73 bits per heavy atom. The first kappa shape index (κ1) is 14.6. The number of carbonyl (C=O) groups excluding carboxylic acids is 1. The molecule has 116 valence electrons. The summed E-state index contributed by atoms with van der Waals surface area (Å²) in [6, 6.07) is 7.56. The van der Waals surface area contributed by atoms with Gasteiger partial charge in [-0.25, -0.2) is 8.42 Å². The van der Waals surface area contributed by atoms with Gasteiger partial charge in [-0.3, -0.25) is 9.52 Å². The zero-order chi connectivity index (χ0) is 15.7. The normalized spacial score (nSPS) is 14.6. The second-order valence-corrected chi connectivity index (χ2v) is 6.89. The van der Waals surface area contributed by atoms with Crippen LogP contribution in [0, 0.1) is 6.92 Å². The SMILES string of the molecule is Cc1cc(NS(=O)(=O)c2cccc(C(=O)NC3CC3)c2)no1. The van der Waals surface area contributed by atoms with Crippen molar-refractivity contribution in [3.8, 4) is 0 Å². The lowest BCUT2D eigenvalue weighted by atomic mass is 10.2. The lowest BCUT2D eigenvalue weighted by Gasteiger charge is -2.07. The van der Waals surface area contributed by atoms with E-state index in [9.17, 15) is 13.2 Å². The number of amides is 1. The Morgan fingerprint density at radius 2 is 2.09 bits per heavy atom. The molecule has 1 fully saturated rings. The molecule has 1 aliphatic rings. The number of hydrogen-bond acceptors (Lipinski definition) is 5. The Bertz CT molecular complexity index is 809. The third-order valence-corrected chi connectivity index (χ3v) is 4.54. The van der Waals surface area contributed by atoms with Gasteiger partial charge in [-0.05, 0) is 38.0 Å². The molecule has 7 nitrogen and oxygen atoms in total. The molecule has 1 aromatic carbocycles. The summed E-state index contributed by atoms with van der Waals surface area (Å²) >= 11 is 0. The van der Waals surface area contributed by atoms with Gasteiger partial charge in [0.15, 0.2) is 5.82 Å². The Morgan fingerprint density at radius 1 is 1.32 bits per heavy atom. The van der Waals surface area contributed by atoms with Gasteiger partial charge in [-0.15, -0.1) is 0 Å². The highest BCUT2D eigenvalue weighted by atomic mass is 32.2. The van der Waals surface area contributed by atoms with E-state index in [1.807, 2.05) is 0 Å². The number of hydrogen-bond donors (Lipinski definition) is 2. The van der Waals surface area contributed by atoms with Crippen molar-refractivity contribution >= 4 is 21.7 Å². The van der Waals surface area contributed by atoms with Crippen molar-refractivity contribution in [1.29, 1.82) is 0 Å². The first-order valence-electron chi connectivity index (χ1n) is 6.81. The molecule has 3 rings (SSSR count). The number of benzene rings is 1.